The maximum absolute atomic E-state index is 5.00. The van der Waals surface area contributed by atoms with Gasteiger partial charge in [0.2, 0.25) is 0 Å². The first-order valence-electron chi connectivity index (χ1n) is 7.35. The Balaban J connectivity index is 1.99. The van der Waals surface area contributed by atoms with Gasteiger partial charge in [-0.2, -0.15) is 0 Å². The molecule has 0 spiro atoms. The molecule has 3 unspecified atom stereocenters. The van der Waals surface area contributed by atoms with Gasteiger partial charge in [-0.05, 0) is 44.6 Å². The Kier molecular flexibility index (Phi) is 3.23. The number of fused-ring (bicyclic) bond motifs is 1. The van der Waals surface area contributed by atoms with Crippen molar-refractivity contribution in [2.75, 3.05) is 7.05 Å². The summed E-state index contributed by atoms with van der Waals surface area (Å²) in [7, 11) is 2.13. The van der Waals surface area contributed by atoms with Crippen LogP contribution in [0.3, 0.4) is 0 Å². The van der Waals surface area contributed by atoms with E-state index in [4.69, 9.17) is 4.98 Å². The monoisotopic (exact) mass is 264 g/mol. The van der Waals surface area contributed by atoms with Gasteiger partial charge in [0.15, 0.2) is 0 Å². The quantitative estimate of drug-likeness (QED) is 0.884. The van der Waals surface area contributed by atoms with Gasteiger partial charge in [-0.25, -0.2) is 4.98 Å². The zero-order chi connectivity index (χ0) is 12.8. The van der Waals surface area contributed by atoms with E-state index < -0.39 is 0 Å². The van der Waals surface area contributed by atoms with Crippen LogP contribution in [0.2, 0.25) is 0 Å². The van der Waals surface area contributed by atoms with Crippen LogP contribution >= 0.6 is 11.3 Å². The molecule has 0 saturated heterocycles. The topological polar surface area (TPSA) is 24.9 Å². The first kappa shape index (κ1) is 12.6. The highest BCUT2D eigenvalue weighted by Gasteiger charge is 2.44. The van der Waals surface area contributed by atoms with Crippen LogP contribution in [-0.2, 0) is 18.4 Å². The van der Waals surface area contributed by atoms with Crippen LogP contribution in [0.4, 0.5) is 0 Å². The second kappa shape index (κ2) is 4.61. The number of thiazole rings is 1. The zero-order valence-corrected chi connectivity index (χ0v) is 12.6. The standard InChI is InChI=1S/C15H24N2S/c1-10-6-5-9-15(16-3,11(10)2)14-17-12-7-4-8-13(12)18-14/h10-11,16H,4-9H2,1-3H3. The fourth-order valence-corrected chi connectivity index (χ4v) is 5.28. The fraction of sp³-hybridized carbons (Fsp3) is 0.800. The molecule has 1 aromatic rings. The van der Waals surface area contributed by atoms with Gasteiger partial charge in [0.1, 0.15) is 5.01 Å². The lowest BCUT2D eigenvalue weighted by Crippen LogP contribution is -2.50. The molecular formula is C15H24N2S. The summed E-state index contributed by atoms with van der Waals surface area (Å²) in [6.07, 6.45) is 7.73. The summed E-state index contributed by atoms with van der Waals surface area (Å²) in [6.45, 7) is 4.81. The molecule has 2 aliphatic carbocycles. The highest BCUT2D eigenvalue weighted by atomic mass is 32.1. The van der Waals surface area contributed by atoms with E-state index in [1.54, 1.807) is 4.88 Å². The van der Waals surface area contributed by atoms with E-state index in [0.29, 0.717) is 5.92 Å². The van der Waals surface area contributed by atoms with E-state index in [9.17, 15) is 0 Å². The number of nitrogens with one attached hydrogen (secondary N) is 1. The van der Waals surface area contributed by atoms with Crippen molar-refractivity contribution in [3.05, 3.63) is 15.6 Å². The Hall–Kier alpha value is -0.410. The van der Waals surface area contributed by atoms with E-state index in [1.165, 1.54) is 49.2 Å². The molecule has 3 heteroatoms. The summed E-state index contributed by atoms with van der Waals surface area (Å²) < 4.78 is 0. The van der Waals surface area contributed by atoms with Gasteiger partial charge in [-0.1, -0.05) is 26.7 Å². The van der Waals surface area contributed by atoms with Gasteiger partial charge < -0.3 is 5.32 Å². The third-order valence-corrected chi connectivity index (χ3v) is 6.62. The zero-order valence-electron chi connectivity index (χ0n) is 11.8. The molecule has 0 radical (unpaired) electrons. The molecule has 0 amide bonds. The van der Waals surface area contributed by atoms with Gasteiger partial charge in [-0.3, -0.25) is 0 Å². The Bertz CT molecular complexity index is 418. The lowest BCUT2D eigenvalue weighted by atomic mass is 9.68. The third kappa shape index (κ3) is 1.75. The Morgan fingerprint density at radius 2 is 2.11 bits per heavy atom. The minimum Gasteiger partial charge on any atom is -0.308 e. The summed E-state index contributed by atoms with van der Waals surface area (Å²) >= 11 is 1.98. The van der Waals surface area contributed by atoms with Crippen LogP contribution in [0, 0.1) is 11.8 Å². The largest absolute Gasteiger partial charge is 0.308 e. The van der Waals surface area contributed by atoms with Crippen molar-refractivity contribution >= 4 is 11.3 Å². The van der Waals surface area contributed by atoms with E-state index in [0.717, 1.165) is 5.92 Å². The van der Waals surface area contributed by atoms with E-state index in [2.05, 4.69) is 26.2 Å². The van der Waals surface area contributed by atoms with Crippen molar-refractivity contribution in [3.8, 4) is 0 Å². The lowest BCUT2D eigenvalue weighted by molar-refractivity contribution is 0.111. The van der Waals surface area contributed by atoms with Crippen LogP contribution < -0.4 is 5.32 Å². The van der Waals surface area contributed by atoms with E-state index in [-0.39, 0.29) is 5.54 Å². The number of aryl methyl sites for hydroxylation is 2. The van der Waals surface area contributed by atoms with Crippen molar-refractivity contribution in [2.24, 2.45) is 11.8 Å². The Morgan fingerprint density at radius 1 is 1.28 bits per heavy atom. The molecule has 3 atom stereocenters. The normalized spacial score (nSPS) is 35.7. The minimum atomic E-state index is 0.146. The van der Waals surface area contributed by atoms with Crippen molar-refractivity contribution < 1.29 is 0 Å². The molecule has 0 aliphatic heterocycles. The van der Waals surface area contributed by atoms with Crippen molar-refractivity contribution in [1.82, 2.24) is 10.3 Å². The van der Waals surface area contributed by atoms with Gasteiger partial charge in [0.05, 0.1) is 11.2 Å². The third-order valence-electron chi connectivity index (χ3n) is 5.28. The highest BCUT2D eigenvalue weighted by Crippen LogP contribution is 2.46. The number of rotatable bonds is 2. The predicted octanol–water partition coefficient (Wildman–Crippen LogP) is 3.50. The van der Waals surface area contributed by atoms with Crippen LogP contribution in [0.5, 0.6) is 0 Å². The number of hydrogen-bond donors (Lipinski definition) is 1. The average Bonchev–Trinajstić information content (AvgIpc) is 2.94. The summed E-state index contributed by atoms with van der Waals surface area (Å²) in [5, 5.41) is 5.02. The molecule has 1 heterocycles. The smallest absolute Gasteiger partial charge is 0.114 e. The fourth-order valence-electron chi connectivity index (χ4n) is 3.81. The second-order valence-corrected chi connectivity index (χ2v) is 7.21. The summed E-state index contributed by atoms with van der Waals surface area (Å²) in [4.78, 5) is 6.56. The first-order valence-corrected chi connectivity index (χ1v) is 8.17. The second-order valence-electron chi connectivity index (χ2n) is 6.12. The van der Waals surface area contributed by atoms with Crippen LogP contribution in [0.25, 0.3) is 0 Å². The maximum atomic E-state index is 5.00. The molecule has 18 heavy (non-hydrogen) atoms. The van der Waals surface area contributed by atoms with Crippen molar-refractivity contribution in [2.45, 2.75) is 57.9 Å². The van der Waals surface area contributed by atoms with E-state index in [1.807, 2.05) is 11.3 Å². The molecule has 2 aliphatic rings. The van der Waals surface area contributed by atoms with Crippen LogP contribution in [-0.4, -0.2) is 12.0 Å². The molecule has 0 bridgehead atoms. The molecule has 100 valence electrons. The Morgan fingerprint density at radius 3 is 2.83 bits per heavy atom. The highest BCUT2D eigenvalue weighted by molar-refractivity contribution is 7.12. The molecule has 1 N–H and O–H groups in total. The van der Waals surface area contributed by atoms with Crippen LogP contribution in [0.1, 0.15) is 55.1 Å². The van der Waals surface area contributed by atoms with Crippen molar-refractivity contribution in [3.63, 3.8) is 0 Å². The van der Waals surface area contributed by atoms with E-state index >= 15 is 0 Å². The number of hydrogen-bond acceptors (Lipinski definition) is 3. The van der Waals surface area contributed by atoms with Gasteiger partial charge in [0, 0.05) is 4.88 Å². The predicted molar refractivity (Wildman–Crippen MR) is 77.1 cm³/mol. The summed E-state index contributed by atoms with van der Waals surface area (Å²) in [5.41, 5.74) is 1.54. The molecule has 1 fully saturated rings. The summed E-state index contributed by atoms with van der Waals surface area (Å²) in [6, 6.07) is 0. The van der Waals surface area contributed by atoms with Crippen molar-refractivity contribution in [1.29, 1.82) is 0 Å². The van der Waals surface area contributed by atoms with Gasteiger partial charge in [-0.15, -0.1) is 11.3 Å². The van der Waals surface area contributed by atoms with Crippen LogP contribution in [0.15, 0.2) is 0 Å². The molecule has 1 aromatic heterocycles. The summed E-state index contributed by atoms with van der Waals surface area (Å²) in [5.74, 6) is 1.48. The molecule has 1 saturated carbocycles. The lowest BCUT2D eigenvalue weighted by Gasteiger charge is -2.44. The molecule has 3 rings (SSSR count). The minimum absolute atomic E-state index is 0.146. The first-order chi connectivity index (χ1) is 8.67. The Labute approximate surface area is 114 Å². The number of nitrogens with zero attached hydrogens (tertiary/aromatic N) is 1. The van der Waals surface area contributed by atoms with Gasteiger partial charge in [0.25, 0.3) is 0 Å². The number of aromatic nitrogens is 1. The molecular weight excluding hydrogens is 240 g/mol. The molecule has 2 nitrogen and oxygen atoms in total. The average molecular weight is 264 g/mol. The molecule has 0 aromatic carbocycles. The maximum Gasteiger partial charge on any atom is 0.114 e. The SMILES string of the molecule is CNC1(c2nc3c(s2)CCC3)CCCC(C)C1C. The van der Waals surface area contributed by atoms with Gasteiger partial charge >= 0.3 is 0 Å².